The summed E-state index contributed by atoms with van der Waals surface area (Å²) in [4.78, 5) is 22.4. The van der Waals surface area contributed by atoms with Crippen LogP contribution in [0.15, 0.2) is 15.3 Å². The molecular formula is C9H10O6. The molecule has 6 heteroatoms. The fourth-order valence-electron chi connectivity index (χ4n) is 0.970. The summed E-state index contributed by atoms with van der Waals surface area (Å²) in [7, 11) is 0. The van der Waals surface area contributed by atoms with E-state index < -0.39 is 35.4 Å². The maximum Gasteiger partial charge on any atom is 0.230 e. The number of aliphatic hydroxyl groups excluding tert-OH is 2. The van der Waals surface area contributed by atoms with Gasteiger partial charge in [0.2, 0.25) is 22.7 Å². The summed E-state index contributed by atoms with van der Waals surface area (Å²) in [5.74, 6) is -2.57. The van der Waals surface area contributed by atoms with Crippen molar-refractivity contribution in [3.63, 3.8) is 0 Å². The molecule has 0 aliphatic heterocycles. The molecule has 0 fully saturated rings. The summed E-state index contributed by atoms with van der Waals surface area (Å²) in [6, 6.07) is 0.869. The lowest BCUT2D eigenvalue weighted by molar-refractivity contribution is 0.0736. The molecular weight excluding hydrogens is 204 g/mol. The Bertz CT molecular complexity index is 431. The van der Waals surface area contributed by atoms with Gasteiger partial charge >= 0.3 is 0 Å². The lowest BCUT2D eigenvalue weighted by Gasteiger charge is -2.05. The zero-order chi connectivity index (χ0) is 11.6. The van der Waals surface area contributed by atoms with Crippen LogP contribution in [0.1, 0.15) is 23.2 Å². The van der Waals surface area contributed by atoms with Crippen molar-refractivity contribution in [3.8, 4) is 5.75 Å². The standard InChI is InChI=1S/C9H10O6/c1-4(11)7(13)9-8(14)6(12)2-5(3-10)15-9/h2,4,10-11,14H,3H2,1H3. The number of aromatic hydroxyl groups is 1. The average Bonchev–Trinajstić information content (AvgIpc) is 2.20. The molecule has 1 aromatic rings. The lowest BCUT2D eigenvalue weighted by Crippen LogP contribution is -2.19. The zero-order valence-electron chi connectivity index (χ0n) is 7.93. The molecule has 1 heterocycles. The normalized spacial score (nSPS) is 12.5. The minimum absolute atomic E-state index is 0.151. The highest BCUT2D eigenvalue weighted by molar-refractivity contribution is 5.98. The molecule has 0 amide bonds. The van der Waals surface area contributed by atoms with Crippen LogP contribution in [0.4, 0.5) is 0 Å². The van der Waals surface area contributed by atoms with E-state index in [2.05, 4.69) is 0 Å². The van der Waals surface area contributed by atoms with Gasteiger partial charge in [0.1, 0.15) is 18.5 Å². The molecule has 0 radical (unpaired) electrons. The van der Waals surface area contributed by atoms with Gasteiger partial charge in [-0.1, -0.05) is 0 Å². The molecule has 15 heavy (non-hydrogen) atoms. The highest BCUT2D eigenvalue weighted by Gasteiger charge is 2.22. The van der Waals surface area contributed by atoms with Crippen LogP contribution >= 0.6 is 0 Å². The van der Waals surface area contributed by atoms with E-state index in [1.165, 1.54) is 6.92 Å². The zero-order valence-corrected chi connectivity index (χ0v) is 7.93. The van der Waals surface area contributed by atoms with Crippen molar-refractivity contribution in [2.24, 2.45) is 0 Å². The Labute approximate surface area is 84.4 Å². The predicted molar refractivity (Wildman–Crippen MR) is 48.6 cm³/mol. The first kappa shape index (κ1) is 11.4. The molecule has 0 aliphatic carbocycles. The number of carbonyl (C=O) groups excluding carboxylic acids is 1. The van der Waals surface area contributed by atoms with Gasteiger partial charge in [0.05, 0.1) is 0 Å². The number of carbonyl (C=O) groups is 1. The molecule has 82 valence electrons. The molecule has 0 spiro atoms. The summed E-state index contributed by atoms with van der Waals surface area (Å²) >= 11 is 0. The first-order chi connectivity index (χ1) is 6.97. The fourth-order valence-corrected chi connectivity index (χ4v) is 0.970. The van der Waals surface area contributed by atoms with Crippen LogP contribution in [-0.4, -0.2) is 27.2 Å². The molecule has 6 nitrogen and oxygen atoms in total. The Morgan fingerprint density at radius 2 is 2.20 bits per heavy atom. The summed E-state index contributed by atoms with van der Waals surface area (Å²) in [6.07, 6.45) is -1.40. The SMILES string of the molecule is CC(O)C(=O)c1oc(CO)cc(=O)c1O. The minimum Gasteiger partial charge on any atom is -0.501 e. The quantitative estimate of drug-likeness (QED) is 0.580. The van der Waals surface area contributed by atoms with Gasteiger partial charge in [0.25, 0.3) is 0 Å². The van der Waals surface area contributed by atoms with Crippen LogP contribution in [-0.2, 0) is 6.61 Å². The van der Waals surface area contributed by atoms with Gasteiger partial charge in [-0.05, 0) is 6.92 Å². The van der Waals surface area contributed by atoms with E-state index in [0.717, 1.165) is 6.07 Å². The lowest BCUT2D eigenvalue weighted by atomic mass is 10.2. The highest BCUT2D eigenvalue weighted by atomic mass is 16.4. The fraction of sp³-hybridized carbons (Fsp3) is 0.333. The summed E-state index contributed by atoms with van der Waals surface area (Å²) in [6.45, 7) is 0.600. The van der Waals surface area contributed by atoms with Crippen molar-refractivity contribution in [2.75, 3.05) is 0 Å². The number of ketones is 1. The van der Waals surface area contributed by atoms with E-state index in [1.807, 2.05) is 0 Å². The van der Waals surface area contributed by atoms with Crippen LogP contribution in [0, 0.1) is 0 Å². The van der Waals surface area contributed by atoms with Crippen molar-refractivity contribution in [2.45, 2.75) is 19.6 Å². The Hall–Kier alpha value is -1.66. The molecule has 0 saturated carbocycles. The van der Waals surface area contributed by atoms with E-state index in [-0.39, 0.29) is 5.76 Å². The summed E-state index contributed by atoms with van der Waals surface area (Å²) < 4.78 is 4.75. The minimum atomic E-state index is -1.40. The van der Waals surface area contributed by atoms with Gasteiger partial charge in [-0.15, -0.1) is 0 Å². The van der Waals surface area contributed by atoms with Crippen LogP contribution in [0.5, 0.6) is 5.75 Å². The topological polar surface area (TPSA) is 108 Å². The Morgan fingerprint density at radius 1 is 1.60 bits per heavy atom. The third kappa shape index (κ3) is 2.23. The van der Waals surface area contributed by atoms with Crippen LogP contribution in [0.3, 0.4) is 0 Å². The first-order valence-corrected chi connectivity index (χ1v) is 4.16. The number of Topliss-reactive ketones (excluding diaryl/α,β-unsaturated/α-hetero) is 1. The number of hydrogen-bond donors (Lipinski definition) is 3. The van der Waals surface area contributed by atoms with E-state index in [0.29, 0.717) is 0 Å². The van der Waals surface area contributed by atoms with Gasteiger partial charge in [0.15, 0.2) is 0 Å². The molecule has 0 aromatic carbocycles. The maximum absolute atomic E-state index is 11.3. The Balaban J connectivity index is 3.34. The monoisotopic (exact) mass is 214 g/mol. The number of rotatable bonds is 3. The molecule has 0 aliphatic rings. The summed E-state index contributed by atoms with van der Waals surface area (Å²) in [5.41, 5.74) is -0.839. The second-order valence-electron chi connectivity index (χ2n) is 2.95. The molecule has 1 atom stereocenters. The van der Waals surface area contributed by atoms with E-state index >= 15 is 0 Å². The van der Waals surface area contributed by atoms with Crippen molar-refractivity contribution >= 4 is 5.78 Å². The van der Waals surface area contributed by atoms with Crippen LogP contribution in [0.25, 0.3) is 0 Å². The molecule has 1 unspecified atom stereocenters. The second kappa shape index (κ2) is 4.24. The smallest absolute Gasteiger partial charge is 0.230 e. The van der Waals surface area contributed by atoms with Gasteiger partial charge in [-0.25, -0.2) is 0 Å². The largest absolute Gasteiger partial charge is 0.501 e. The van der Waals surface area contributed by atoms with Gasteiger partial charge < -0.3 is 19.7 Å². The third-order valence-corrected chi connectivity index (χ3v) is 1.73. The van der Waals surface area contributed by atoms with E-state index in [1.54, 1.807) is 0 Å². The Morgan fingerprint density at radius 3 is 2.67 bits per heavy atom. The van der Waals surface area contributed by atoms with Crippen molar-refractivity contribution in [3.05, 3.63) is 27.8 Å². The number of aliphatic hydroxyl groups is 2. The Kier molecular flexibility index (Phi) is 3.23. The molecule has 1 aromatic heterocycles. The highest BCUT2D eigenvalue weighted by Crippen LogP contribution is 2.15. The van der Waals surface area contributed by atoms with Crippen molar-refractivity contribution in [1.82, 2.24) is 0 Å². The molecule has 0 saturated heterocycles. The number of hydrogen-bond acceptors (Lipinski definition) is 6. The summed E-state index contributed by atoms with van der Waals surface area (Å²) in [5, 5.41) is 26.9. The average molecular weight is 214 g/mol. The van der Waals surface area contributed by atoms with E-state index in [4.69, 9.17) is 14.6 Å². The van der Waals surface area contributed by atoms with Crippen LogP contribution < -0.4 is 5.43 Å². The molecule has 1 rings (SSSR count). The van der Waals surface area contributed by atoms with Gasteiger partial charge in [-0.2, -0.15) is 0 Å². The molecule has 0 bridgehead atoms. The maximum atomic E-state index is 11.3. The van der Waals surface area contributed by atoms with E-state index in [9.17, 15) is 14.7 Å². The van der Waals surface area contributed by atoms with Gasteiger partial charge in [0, 0.05) is 6.07 Å². The van der Waals surface area contributed by atoms with Crippen LogP contribution in [0.2, 0.25) is 0 Å². The second-order valence-corrected chi connectivity index (χ2v) is 2.95. The first-order valence-electron chi connectivity index (χ1n) is 4.16. The van der Waals surface area contributed by atoms with Crippen molar-refractivity contribution in [1.29, 1.82) is 0 Å². The third-order valence-electron chi connectivity index (χ3n) is 1.73. The van der Waals surface area contributed by atoms with Gasteiger partial charge in [-0.3, -0.25) is 9.59 Å². The van der Waals surface area contributed by atoms with Crippen molar-refractivity contribution < 1.29 is 24.5 Å². The predicted octanol–water partition coefficient (Wildman–Crippen LogP) is -0.599. The molecule has 3 N–H and O–H groups in total.